The molecule has 12 aromatic carbocycles. The Bertz CT molecular complexity index is 3750. The third-order valence-corrected chi connectivity index (χ3v) is 14.3. The Balaban J connectivity index is 0.832. The summed E-state index contributed by atoms with van der Waals surface area (Å²) in [6.45, 7) is 0. The van der Waals surface area contributed by atoms with Gasteiger partial charge in [0.15, 0.2) is 0 Å². The van der Waals surface area contributed by atoms with Crippen molar-refractivity contribution in [2.45, 2.75) is 0 Å². The Hall–Kier alpha value is -10.3. The molecule has 0 N–H and O–H groups in total. The van der Waals surface area contributed by atoms with Gasteiger partial charge in [-0.05, 0) is 153 Å². The summed E-state index contributed by atoms with van der Waals surface area (Å²) < 4.78 is 0. The second kappa shape index (κ2) is 22.7. The second-order valence-corrected chi connectivity index (χ2v) is 19.2. The maximum absolute atomic E-state index is 4.83. The van der Waals surface area contributed by atoms with Gasteiger partial charge in [-0.2, -0.15) is 0 Å². The quantitative estimate of drug-likeness (QED) is 0.0801. The molecule has 0 aromatic heterocycles. The lowest BCUT2D eigenvalue weighted by molar-refractivity contribution is 1.28. The average Bonchev–Trinajstić information content (AvgIpc) is 3.57. The number of amidine groups is 1. The van der Waals surface area contributed by atoms with Gasteiger partial charge in [0, 0.05) is 58.1 Å². The minimum Gasteiger partial charge on any atom is -0.311 e. The van der Waals surface area contributed by atoms with E-state index in [0.29, 0.717) is 0 Å². The fraction of sp³-hybridized carbons (Fsp3) is 0.0135. The highest BCUT2D eigenvalue weighted by atomic mass is 15.2. The van der Waals surface area contributed by atoms with E-state index in [1.165, 1.54) is 33.4 Å². The number of aliphatic imine (C=N–C) groups is 1. The van der Waals surface area contributed by atoms with Crippen molar-refractivity contribution < 1.29 is 0 Å². The maximum atomic E-state index is 4.83. The molecule has 0 fully saturated rings. The summed E-state index contributed by atoms with van der Waals surface area (Å²) in [7, 11) is 1.86. The van der Waals surface area contributed by atoms with Gasteiger partial charge in [0.2, 0.25) is 0 Å². The van der Waals surface area contributed by atoms with Crippen molar-refractivity contribution in [2.24, 2.45) is 4.99 Å². The van der Waals surface area contributed by atoms with E-state index in [9.17, 15) is 0 Å². The van der Waals surface area contributed by atoms with Crippen LogP contribution in [-0.4, -0.2) is 12.9 Å². The van der Waals surface area contributed by atoms with Crippen molar-refractivity contribution in [3.8, 4) is 55.6 Å². The molecule has 12 aromatic rings. The molecule has 0 saturated carbocycles. The van der Waals surface area contributed by atoms with Crippen LogP contribution < -0.4 is 14.7 Å². The summed E-state index contributed by atoms with van der Waals surface area (Å²) in [6, 6.07) is 115. The van der Waals surface area contributed by atoms with Gasteiger partial charge < -0.3 is 9.80 Å². The zero-order valence-corrected chi connectivity index (χ0v) is 43.4. The zero-order valence-electron chi connectivity index (χ0n) is 43.4. The summed E-state index contributed by atoms with van der Waals surface area (Å²) >= 11 is 0. The average molecular weight is 1000 g/mol. The van der Waals surface area contributed by atoms with Crippen LogP contribution in [0.25, 0.3) is 55.6 Å². The lowest BCUT2D eigenvalue weighted by Crippen LogP contribution is -2.26. The van der Waals surface area contributed by atoms with Crippen LogP contribution in [0, 0.1) is 0 Å². The topological polar surface area (TPSA) is 22.1 Å². The Kier molecular flexibility index (Phi) is 14.1. The van der Waals surface area contributed by atoms with Crippen molar-refractivity contribution >= 4 is 51.3 Å². The lowest BCUT2D eigenvalue weighted by Gasteiger charge is -2.27. The predicted molar refractivity (Wildman–Crippen MR) is 330 cm³/mol. The van der Waals surface area contributed by atoms with Gasteiger partial charge in [0.1, 0.15) is 5.84 Å². The van der Waals surface area contributed by atoms with E-state index < -0.39 is 0 Å². The normalized spacial score (nSPS) is 11.2. The summed E-state index contributed by atoms with van der Waals surface area (Å²) in [5, 5.41) is 0. The molecule has 0 radical (unpaired) electrons. The largest absolute Gasteiger partial charge is 0.311 e. The van der Waals surface area contributed by atoms with E-state index in [1.807, 2.05) is 19.2 Å². The first-order valence-electron chi connectivity index (χ1n) is 26.5. The first kappa shape index (κ1) is 48.6. The first-order chi connectivity index (χ1) is 38.6. The van der Waals surface area contributed by atoms with Gasteiger partial charge in [0.25, 0.3) is 0 Å². The SMILES string of the molecule is C/N=C(\c1ccc(-c2ccc(N(c3ccc(-c4ccccc4)cc3)c3ccc(-c4ccc(N(c5ccc(-c6ccccc6)cc5)c5ccc(-c6ccccc6)cc5)cc4)cc3)cc2)cc1)N(c1ccccc1)c1ccccc1. The van der Waals surface area contributed by atoms with Gasteiger partial charge >= 0.3 is 0 Å². The van der Waals surface area contributed by atoms with Crippen LogP contribution in [-0.2, 0) is 0 Å². The molecule has 0 unspecified atom stereocenters. The summed E-state index contributed by atoms with van der Waals surface area (Å²) in [4.78, 5) is 11.7. The zero-order chi connectivity index (χ0) is 52.5. The highest BCUT2D eigenvalue weighted by Crippen LogP contribution is 2.41. The summed E-state index contributed by atoms with van der Waals surface area (Å²) in [5.41, 5.74) is 21.3. The van der Waals surface area contributed by atoms with Crippen LogP contribution in [0.5, 0.6) is 0 Å². The van der Waals surface area contributed by atoms with Crippen LogP contribution in [0.2, 0.25) is 0 Å². The molecule has 0 amide bonds. The molecule has 0 aliphatic heterocycles. The Morgan fingerprint density at radius 2 is 0.397 bits per heavy atom. The van der Waals surface area contributed by atoms with E-state index in [2.05, 4.69) is 324 Å². The van der Waals surface area contributed by atoms with Crippen molar-refractivity contribution in [3.63, 3.8) is 0 Å². The number of benzene rings is 12. The highest BCUT2D eigenvalue weighted by Gasteiger charge is 2.19. The predicted octanol–water partition coefficient (Wildman–Crippen LogP) is 20.2. The van der Waals surface area contributed by atoms with Crippen molar-refractivity contribution in [1.82, 2.24) is 0 Å². The monoisotopic (exact) mass is 1000 g/mol. The highest BCUT2D eigenvalue weighted by molar-refractivity contribution is 6.14. The standard InChI is InChI=1S/C74H56N4/c1-75-74(78(66-23-13-5-14-24-66)67-25-15-6-16-26-67)65-29-27-58(28-30-65)62-37-49-71(50-38-62)77(70-47-35-61(36-48-70)57-21-11-4-12-22-57)73-53-41-64(42-54-73)63-39-51-72(52-40-63)76(68-43-31-59(32-44-68)55-17-7-2-8-18-55)69-45-33-60(34-46-69)56-19-9-3-10-20-56/h2-54H,1H3/b75-74+. The van der Waals surface area contributed by atoms with Gasteiger partial charge in [-0.1, -0.05) is 224 Å². The number of para-hydroxylation sites is 2. The minimum atomic E-state index is 0.875. The van der Waals surface area contributed by atoms with E-state index >= 15 is 0 Å². The van der Waals surface area contributed by atoms with Gasteiger partial charge in [-0.25, -0.2) is 0 Å². The summed E-state index contributed by atoms with van der Waals surface area (Å²) in [5.74, 6) is 0.875. The van der Waals surface area contributed by atoms with Crippen LogP contribution in [0.3, 0.4) is 0 Å². The van der Waals surface area contributed by atoms with E-state index in [4.69, 9.17) is 4.99 Å². The molecule has 4 heteroatoms. The molecule has 0 aliphatic rings. The van der Waals surface area contributed by atoms with Crippen molar-refractivity contribution in [1.29, 1.82) is 0 Å². The first-order valence-corrected chi connectivity index (χ1v) is 26.5. The lowest BCUT2D eigenvalue weighted by atomic mass is 10.0. The van der Waals surface area contributed by atoms with Gasteiger partial charge in [0.05, 0.1) is 0 Å². The molecule has 0 atom stereocenters. The third kappa shape index (κ3) is 10.5. The molecule has 12 rings (SSSR count). The number of anilines is 8. The molecule has 0 saturated heterocycles. The molecular weight excluding hydrogens is 945 g/mol. The number of nitrogens with zero attached hydrogens (tertiary/aromatic N) is 4. The van der Waals surface area contributed by atoms with Crippen LogP contribution in [0.15, 0.2) is 327 Å². The molecule has 0 aliphatic carbocycles. The van der Waals surface area contributed by atoms with Gasteiger partial charge in [-0.15, -0.1) is 0 Å². The van der Waals surface area contributed by atoms with E-state index in [1.54, 1.807) is 0 Å². The van der Waals surface area contributed by atoms with Gasteiger partial charge in [-0.3, -0.25) is 9.89 Å². The summed E-state index contributed by atoms with van der Waals surface area (Å²) in [6.07, 6.45) is 0. The Labute approximate surface area is 458 Å². The maximum Gasteiger partial charge on any atom is 0.139 e. The molecular formula is C74H56N4. The molecule has 4 nitrogen and oxygen atoms in total. The fourth-order valence-electron chi connectivity index (χ4n) is 10.3. The number of rotatable bonds is 14. The number of hydrogen-bond donors (Lipinski definition) is 0. The Morgan fingerprint density at radius 1 is 0.205 bits per heavy atom. The molecule has 0 spiro atoms. The minimum absolute atomic E-state index is 0.875. The Morgan fingerprint density at radius 3 is 0.615 bits per heavy atom. The molecule has 372 valence electrons. The van der Waals surface area contributed by atoms with Crippen LogP contribution in [0.4, 0.5) is 45.5 Å². The second-order valence-electron chi connectivity index (χ2n) is 19.2. The van der Waals surface area contributed by atoms with E-state index in [0.717, 1.165) is 79.2 Å². The number of hydrogen-bond acceptors (Lipinski definition) is 3. The fourth-order valence-corrected chi connectivity index (χ4v) is 10.3. The van der Waals surface area contributed by atoms with E-state index in [-0.39, 0.29) is 0 Å². The molecule has 78 heavy (non-hydrogen) atoms. The third-order valence-electron chi connectivity index (χ3n) is 14.3. The van der Waals surface area contributed by atoms with Crippen molar-refractivity contribution in [2.75, 3.05) is 21.7 Å². The smallest absolute Gasteiger partial charge is 0.139 e. The molecule has 0 heterocycles. The van der Waals surface area contributed by atoms with Crippen molar-refractivity contribution in [3.05, 3.63) is 327 Å². The molecule has 0 bridgehead atoms. The van der Waals surface area contributed by atoms with Crippen LogP contribution in [0.1, 0.15) is 5.56 Å². The van der Waals surface area contributed by atoms with Crippen LogP contribution >= 0.6 is 0 Å².